The molecule has 3 rings (SSSR count). The molecule has 1 aliphatic rings. The van der Waals surface area contributed by atoms with Crippen LogP contribution in [0.25, 0.3) is 0 Å². The summed E-state index contributed by atoms with van der Waals surface area (Å²) in [6, 6.07) is 19.3. The molecule has 2 N–H and O–H groups in total. The molecule has 0 aliphatic carbocycles. The van der Waals surface area contributed by atoms with Gasteiger partial charge in [-0.1, -0.05) is 62.4 Å². The second-order valence-corrected chi connectivity index (χ2v) is 8.11. The Morgan fingerprint density at radius 3 is 2.59 bits per heavy atom. The van der Waals surface area contributed by atoms with Crippen molar-refractivity contribution in [1.29, 1.82) is 0 Å². The summed E-state index contributed by atoms with van der Waals surface area (Å²) in [6.45, 7) is 7.51. The Morgan fingerprint density at radius 1 is 1.11 bits per heavy atom. The highest BCUT2D eigenvalue weighted by molar-refractivity contribution is 5.40. The van der Waals surface area contributed by atoms with Gasteiger partial charge in [0.2, 0.25) is 0 Å². The van der Waals surface area contributed by atoms with Crippen molar-refractivity contribution in [3.8, 4) is 5.75 Å². The van der Waals surface area contributed by atoms with Crippen LogP contribution in [0.15, 0.2) is 54.6 Å². The number of methoxy groups -OCH3 is 1. The summed E-state index contributed by atoms with van der Waals surface area (Å²) in [5.41, 5.74) is 2.87. The van der Waals surface area contributed by atoms with Crippen LogP contribution in [0.1, 0.15) is 44.2 Å². The lowest BCUT2D eigenvalue weighted by molar-refractivity contribution is -0.671. The zero-order valence-corrected chi connectivity index (χ0v) is 17.0. The van der Waals surface area contributed by atoms with Crippen LogP contribution in [-0.2, 0) is 16.7 Å². The van der Waals surface area contributed by atoms with Crippen LogP contribution < -0.4 is 10.1 Å². The molecular weight excluding hydrogens is 334 g/mol. The highest BCUT2D eigenvalue weighted by atomic mass is 16.5. The smallest absolute Gasteiger partial charge is 0.122 e. The van der Waals surface area contributed by atoms with Crippen molar-refractivity contribution in [3.63, 3.8) is 0 Å². The van der Waals surface area contributed by atoms with E-state index >= 15 is 0 Å². The van der Waals surface area contributed by atoms with Crippen LogP contribution in [0.2, 0.25) is 0 Å². The molecule has 0 bridgehead atoms. The van der Waals surface area contributed by atoms with Gasteiger partial charge in [-0.2, -0.15) is 0 Å². The third-order valence-corrected chi connectivity index (χ3v) is 5.98. The van der Waals surface area contributed by atoms with Crippen LogP contribution >= 0.6 is 0 Å². The van der Waals surface area contributed by atoms with Crippen molar-refractivity contribution >= 4 is 0 Å². The minimum absolute atomic E-state index is 0.132. The first kappa shape index (κ1) is 19.9. The summed E-state index contributed by atoms with van der Waals surface area (Å²) < 4.78 is 11.9. The molecule has 3 nitrogen and oxygen atoms in total. The second kappa shape index (κ2) is 9.38. The predicted octanol–water partition coefficient (Wildman–Crippen LogP) is 3.92. The quantitative estimate of drug-likeness (QED) is 0.717. The molecule has 2 atom stereocenters. The molecular formula is C24H34NO2+. The highest BCUT2D eigenvalue weighted by Crippen LogP contribution is 2.44. The molecule has 0 aromatic heterocycles. The van der Waals surface area contributed by atoms with E-state index < -0.39 is 0 Å². The fourth-order valence-electron chi connectivity index (χ4n) is 4.33. The fraction of sp³-hybridized carbons (Fsp3) is 0.500. The van der Waals surface area contributed by atoms with Crippen molar-refractivity contribution in [3.05, 3.63) is 65.7 Å². The third-order valence-electron chi connectivity index (χ3n) is 5.98. The van der Waals surface area contributed by atoms with Gasteiger partial charge < -0.3 is 14.8 Å². The van der Waals surface area contributed by atoms with Crippen molar-refractivity contribution < 1.29 is 14.8 Å². The van der Waals surface area contributed by atoms with E-state index in [1.54, 1.807) is 7.11 Å². The number of para-hydroxylation sites is 1. The molecule has 2 aromatic carbocycles. The van der Waals surface area contributed by atoms with E-state index in [2.05, 4.69) is 73.8 Å². The minimum Gasteiger partial charge on any atom is -0.496 e. The summed E-state index contributed by atoms with van der Waals surface area (Å²) in [5.74, 6) is 1.55. The van der Waals surface area contributed by atoms with Crippen LogP contribution in [0, 0.1) is 5.92 Å². The van der Waals surface area contributed by atoms with Gasteiger partial charge >= 0.3 is 0 Å². The lowest BCUT2D eigenvalue weighted by Crippen LogP contribution is -2.83. The lowest BCUT2D eigenvalue weighted by atomic mass is 9.68. The maximum atomic E-state index is 6.11. The summed E-state index contributed by atoms with van der Waals surface area (Å²) >= 11 is 0. The van der Waals surface area contributed by atoms with Gasteiger partial charge in [-0.15, -0.1) is 0 Å². The first-order valence-corrected chi connectivity index (χ1v) is 10.3. The van der Waals surface area contributed by atoms with E-state index in [4.69, 9.17) is 9.47 Å². The molecule has 0 unspecified atom stereocenters. The lowest BCUT2D eigenvalue weighted by Gasteiger charge is -2.43. The number of benzene rings is 2. The molecule has 1 aliphatic heterocycles. The maximum Gasteiger partial charge on any atom is 0.122 e. The summed E-state index contributed by atoms with van der Waals surface area (Å²) in [5, 5.41) is 2.44. The minimum atomic E-state index is 0.132. The van der Waals surface area contributed by atoms with E-state index in [1.165, 1.54) is 11.1 Å². The Kier molecular flexibility index (Phi) is 6.92. The Labute approximate surface area is 164 Å². The SMILES string of the molecule is COc1ccccc1[C@@]1(CC[NH2+]Cc2ccccc2)CCO[C@@H](C(C)C)C1. The fourth-order valence-corrected chi connectivity index (χ4v) is 4.33. The Balaban J connectivity index is 1.75. The topological polar surface area (TPSA) is 35.1 Å². The number of nitrogens with two attached hydrogens (primary N) is 1. The van der Waals surface area contributed by atoms with Crippen LogP contribution in [-0.4, -0.2) is 26.4 Å². The first-order valence-electron chi connectivity index (χ1n) is 10.3. The predicted molar refractivity (Wildman–Crippen MR) is 110 cm³/mol. The van der Waals surface area contributed by atoms with Crippen LogP contribution in [0.3, 0.4) is 0 Å². The van der Waals surface area contributed by atoms with Crippen LogP contribution in [0.4, 0.5) is 0 Å². The number of rotatable bonds is 8. The zero-order chi connectivity index (χ0) is 19.1. The average Bonchev–Trinajstić information content (AvgIpc) is 2.72. The Hall–Kier alpha value is -1.84. The molecule has 0 amide bonds. The standard InChI is InChI=1S/C24H33NO2/c1-19(2)23-17-24(14-16-27-23,21-11-7-8-12-22(21)26-3)13-15-25-18-20-9-5-4-6-10-20/h4-12,19,23,25H,13-18H2,1-3H3/p+1/t23-,24+/m1/s1. The van der Waals surface area contributed by atoms with Crippen molar-refractivity contribution in [1.82, 2.24) is 0 Å². The van der Waals surface area contributed by atoms with Gasteiger partial charge in [0.25, 0.3) is 0 Å². The van der Waals surface area contributed by atoms with Gasteiger partial charge in [-0.3, -0.25) is 0 Å². The van der Waals surface area contributed by atoms with Gasteiger partial charge in [0.05, 0.1) is 19.8 Å². The van der Waals surface area contributed by atoms with E-state index in [1.807, 2.05) is 0 Å². The monoisotopic (exact) mass is 368 g/mol. The normalized spacial score (nSPS) is 22.7. The molecule has 0 saturated carbocycles. The number of quaternary nitrogens is 1. The van der Waals surface area contributed by atoms with Crippen molar-refractivity contribution in [2.75, 3.05) is 20.3 Å². The second-order valence-electron chi connectivity index (χ2n) is 8.11. The van der Waals surface area contributed by atoms with Gasteiger partial charge in [0.1, 0.15) is 12.3 Å². The molecule has 0 radical (unpaired) electrons. The summed E-state index contributed by atoms with van der Waals surface area (Å²) in [7, 11) is 1.79. The third kappa shape index (κ3) is 4.91. The summed E-state index contributed by atoms with van der Waals surface area (Å²) in [6.07, 6.45) is 3.60. The summed E-state index contributed by atoms with van der Waals surface area (Å²) in [4.78, 5) is 0. The van der Waals surface area contributed by atoms with Crippen molar-refractivity contribution in [2.45, 2.75) is 51.2 Å². The molecule has 27 heavy (non-hydrogen) atoms. The number of hydrogen-bond donors (Lipinski definition) is 1. The van der Waals surface area contributed by atoms with Gasteiger partial charge in [-0.25, -0.2) is 0 Å². The molecule has 3 heteroatoms. The van der Waals surface area contributed by atoms with E-state index in [0.29, 0.717) is 12.0 Å². The molecule has 1 heterocycles. The van der Waals surface area contributed by atoms with E-state index in [-0.39, 0.29) is 5.41 Å². The highest BCUT2D eigenvalue weighted by Gasteiger charge is 2.41. The molecule has 146 valence electrons. The van der Waals surface area contributed by atoms with E-state index in [9.17, 15) is 0 Å². The molecule has 2 aromatic rings. The number of ether oxygens (including phenoxy) is 2. The Morgan fingerprint density at radius 2 is 1.85 bits per heavy atom. The largest absolute Gasteiger partial charge is 0.496 e. The molecule has 1 fully saturated rings. The van der Waals surface area contributed by atoms with E-state index in [0.717, 1.165) is 44.7 Å². The zero-order valence-electron chi connectivity index (χ0n) is 17.0. The van der Waals surface area contributed by atoms with Gasteiger partial charge in [0, 0.05) is 29.6 Å². The first-order chi connectivity index (χ1) is 13.1. The van der Waals surface area contributed by atoms with Gasteiger partial charge in [0.15, 0.2) is 0 Å². The molecule has 0 spiro atoms. The number of hydrogen-bond acceptors (Lipinski definition) is 2. The Bertz CT molecular complexity index is 701. The maximum absolute atomic E-state index is 6.11. The average molecular weight is 369 g/mol. The van der Waals surface area contributed by atoms with Crippen molar-refractivity contribution in [2.24, 2.45) is 5.92 Å². The van der Waals surface area contributed by atoms with Gasteiger partial charge in [-0.05, 0) is 24.8 Å². The van der Waals surface area contributed by atoms with Crippen LogP contribution in [0.5, 0.6) is 5.75 Å². The molecule has 1 saturated heterocycles.